The third-order valence-corrected chi connectivity index (χ3v) is 5.74. The molecule has 0 saturated carbocycles. The van der Waals surface area contributed by atoms with E-state index >= 15 is 0 Å². The number of furan rings is 1. The van der Waals surface area contributed by atoms with Gasteiger partial charge in [0, 0.05) is 11.8 Å². The standard InChI is InChI=1S/C22H18FN3O6S/c1-14-12-21(25-32-14)26-33(28,29)19-9-4-16(5-10-19)24-22(27)20-11-8-18(31-20)13-30-17-6-2-15(23)3-7-17/h2-12H,13H2,1H3,(H,24,27)(H,25,26). The molecule has 0 radical (unpaired) electrons. The average Bonchev–Trinajstić information content (AvgIpc) is 3.42. The predicted molar refractivity (Wildman–Crippen MR) is 116 cm³/mol. The molecular weight excluding hydrogens is 453 g/mol. The van der Waals surface area contributed by atoms with Crippen molar-refractivity contribution >= 4 is 27.4 Å². The van der Waals surface area contributed by atoms with E-state index in [1.54, 1.807) is 13.0 Å². The quantitative estimate of drug-likeness (QED) is 0.392. The highest BCUT2D eigenvalue weighted by atomic mass is 32.2. The monoisotopic (exact) mass is 471 g/mol. The van der Waals surface area contributed by atoms with Crippen LogP contribution < -0.4 is 14.8 Å². The summed E-state index contributed by atoms with van der Waals surface area (Å²) < 4.78 is 55.9. The van der Waals surface area contributed by atoms with Crippen molar-refractivity contribution in [3.63, 3.8) is 0 Å². The zero-order valence-corrected chi connectivity index (χ0v) is 18.1. The van der Waals surface area contributed by atoms with Gasteiger partial charge < -0.3 is 19.0 Å². The number of rotatable bonds is 8. The zero-order chi connectivity index (χ0) is 23.4. The molecule has 0 bridgehead atoms. The van der Waals surface area contributed by atoms with Crippen molar-refractivity contribution in [2.24, 2.45) is 0 Å². The summed E-state index contributed by atoms with van der Waals surface area (Å²) in [6, 6.07) is 15.6. The number of sulfonamides is 1. The first kappa shape index (κ1) is 22.1. The Morgan fingerprint density at radius 3 is 2.45 bits per heavy atom. The molecule has 2 heterocycles. The zero-order valence-electron chi connectivity index (χ0n) is 17.2. The average molecular weight is 471 g/mol. The van der Waals surface area contributed by atoms with Crippen LogP contribution in [-0.2, 0) is 16.6 Å². The number of amides is 1. The van der Waals surface area contributed by atoms with Crippen molar-refractivity contribution in [2.75, 3.05) is 10.0 Å². The van der Waals surface area contributed by atoms with Crippen LogP contribution >= 0.6 is 0 Å². The van der Waals surface area contributed by atoms with Gasteiger partial charge in [0.05, 0.1) is 4.90 Å². The molecule has 11 heteroatoms. The minimum absolute atomic E-state index is 0.0145. The number of anilines is 2. The molecule has 170 valence electrons. The minimum Gasteiger partial charge on any atom is -0.486 e. The molecule has 2 aromatic heterocycles. The van der Waals surface area contributed by atoms with Crippen LogP contribution in [0.15, 0.2) is 80.6 Å². The van der Waals surface area contributed by atoms with E-state index in [2.05, 4.69) is 15.2 Å². The van der Waals surface area contributed by atoms with Gasteiger partial charge in [0.15, 0.2) is 11.6 Å². The molecule has 0 atom stereocenters. The molecule has 0 fully saturated rings. The Bertz CT molecular complexity index is 1360. The number of aromatic nitrogens is 1. The van der Waals surface area contributed by atoms with Crippen LogP contribution in [-0.4, -0.2) is 19.5 Å². The van der Waals surface area contributed by atoms with Gasteiger partial charge in [-0.1, -0.05) is 5.16 Å². The number of carbonyl (C=O) groups excluding carboxylic acids is 1. The van der Waals surface area contributed by atoms with Crippen molar-refractivity contribution in [3.05, 3.63) is 89.8 Å². The number of halogens is 1. The number of aryl methyl sites for hydroxylation is 1. The summed E-state index contributed by atoms with van der Waals surface area (Å²) in [5, 5.41) is 6.22. The fourth-order valence-electron chi connectivity index (χ4n) is 2.78. The summed E-state index contributed by atoms with van der Waals surface area (Å²) in [5.41, 5.74) is 0.372. The Hall–Kier alpha value is -4.12. The molecule has 4 aromatic rings. The van der Waals surface area contributed by atoms with E-state index in [4.69, 9.17) is 13.7 Å². The Kier molecular flexibility index (Phi) is 6.13. The Labute approximate surface area is 188 Å². The normalized spacial score (nSPS) is 11.2. The number of nitrogens with zero attached hydrogens (tertiary/aromatic N) is 1. The number of hydrogen-bond acceptors (Lipinski definition) is 7. The maximum Gasteiger partial charge on any atom is 0.291 e. The molecule has 33 heavy (non-hydrogen) atoms. The third-order valence-electron chi connectivity index (χ3n) is 4.37. The van der Waals surface area contributed by atoms with E-state index in [0.29, 0.717) is 23.0 Å². The molecule has 1 amide bonds. The molecular formula is C22H18FN3O6S. The highest BCUT2D eigenvalue weighted by Crippen LogP contribution is 2.20. The highest BCUT2D eigenvalue weighted by molar-refractivity contribution is 7.92. The van der Waals surface area contributed by atoms with Gasteiger partial charge in [-0.15, -0.1) is 0 Å². The van der Waals surface area contributed by atoms with Crippen LogP contribution in [0.2, 0.25) is 0 Å². The van der Waals surface area contributed by atoms with Crippen LogP contribution in [0, 0.1) is 12.7 Å². The van der Waals surface area contributed by atoms with Gasteiger partial charge in [0.2, 0.25) is 0 Å². The molecule has 0 aliphatic carbocycles. The summed E-state index contributed by atoms with van der Waals surface area (Å²) >= 11 is 0. The summed E-state index contributed by atoms with van der Waals surface area (Å²) in [4.78, 5) is 12.4. The topological polar surface area (TPSA) is 124 Å². The Morgan fingerprint density at radius 2 is 1.79 bits per heavy atom. The first-order valence-corrected chi connectivity index (χ1v) is 11.1. The number of nitrogens with one attached hydrogen (secondary N) is 2. The lowest BCUT2D eigenvalue weighted by Crippen LogP contribution is -2.14. The first-order chi connectivity index (χ1) is 15.8. The second kappa shape index (κ2) is 9.17. The molecule has 0 saturated heterocycles. The van der Waals surface area contributed by atoms with Crippen molar-refractivity contribution in [1.82, 2.24) is 5.16 Å². The van der Waals surface area contributed by atoms with Crippen LogP contribution in [0.25, 0.3) is 0 Å². The number of benzene rings is 2. The van der Waals surface area contributed by atoms with E-state index < -0.39 is 15.9 Å². The molecule has 0 aliphatic rings. The van der Waals surface area contributed by atoms with Crippen LogP contribution in [0.1, 0.15) is 22.1 Å². The van der Waals surface area contributed by atoms with E-state index in [9.17, 15) is 17.6 Å². The molecule has 2 N–H and O–H groups in total. The molecule has 4 rings (SSSR count). The van der Waals surface area contributed by atoms with Crippen molar-refractivity contribution < 1.29 is 31.3 Å². The minimum atomic E-state index is -3.86. The number of hydrogen-bond donors (Lipinski definition) is 2. The van der Waals surface area contributed by atoms with Gasteiger partial charge >= 0.3 is 0 Å². The van der Waals surface area contributed by atoms with Gasteiger partial charge in [0.25, 0.3) is 15.9 Å². The molecule has 9 nitrogen and oxygen atoms in total. The van der Waals surface area contributed by atoms with Gasteiger partial charge in [-0.2, -0.15) is 0 Å². The summed E-state index contributed by atoms with van der Waals surface area (Å²) in [6.45, 7) is 1.70. The maximum absolute atomic E-state index is 12.9. The van der Waals surface area contributed by atoms with E-state index in [0.717, 1.165) is 0 Å². The van der Waals surface area contributed by atoms with E-state index in [-0.39, 0.29) is 28.9 Å². The summed E-state index contributed by atoms with van der Waals surface area (Å²) in [5.74, 6) is 0.562. The summed E-state index contributed by atoms with van der Waals surface area (Å²) in [7, 11) is -3.86. The van der Waals surface area contributed by atoms with Gasteiger partial charge in [-0.05, 0) is 67.6 Å². The third kappa shape index (κ3) is 5.57. The molecule has 0 spiro atoms. The van der Waals surface area contributed by atoms with E-state index in [1.807, 2.05) is 0 Å². The lowest BCUT2D eigenvalue weighted by atomic mass is 10.3. The van der Waals surface area contributed by atoms with Crippen LogP contribution in [0.5, 0.6) is 5.75 Å². The second-order valence-electron chi connectivity index (χ2n) is 6.92. The molecule has 0 unspecified atom stereocenters. The maximum atomic E-state index is 12.9. The van der Waals surface area contributed by atoms with Crippen LogP contribution in [0.4, 0.5) is 15.9 Å². The van der Waals surface area contributed by atoms with E-state index in [1.165, 1.54) is 60.7 Å². The SMILES string of the molecule is Cc1cc(NS(=O)(=O)c2ccc(NC(=O)c3ccc(COc4ccc(F)cc4)o3)cc2)no1. The molecule has 0 aliphatic heterocycles. The number of ether oxygens (including phenoxy) is 1. The Balaban J connectivity index is 1.35. The largest absolute Gasteiger partial charge is 0.486 e. The fraction of sp³-hybridized carbons (Fsp3) is 0.0909. The lowest BCUT2D eigenvalue weighted by Gasteiger charge is -2.07. The smallest absolute Gasteiger partial charge is 0.291 e. The predicted octanol–water partition coefficient (Wildman–Crippen LogP) is 4.35. The molecule has 2 aromatic carbocycles. The number of carbonyl (C=O) groups is 1. The first-order valence-electron chi connectivity index (χ1n) is 9.63. The summed E-state index contributed by atoms with van der Waals surface area (Å²) in [6.07, 6.45) is 0. The van der Waals surface area contributed by atoms with Crippen molar-refractivity contribution in [3.8, 4) is 5.75 Å². The van der Waals surface area contributed by atoms with Gasteiger partial charge in [-0.25, -0.2) is 12.8 Å². The Morgan fingerprint density at radius 1 is 1.06 bits per heavy atom. The highest BCUT2D eigenvalue weighted by Gasteiger charge is 2.17. The van der Waals surface area contributed by atoms with Gasteiger partial charge in [-0.3, -0.25) is 9.52 Å². The van der Waals surface area contributed by atoms with Crippen LogP contribution in [0.3, 0.4) is 0 Å². The van der Waals surface area contributed by atoms with Gasteiger partial charge in [0.1, 0.15) is 29.7 Å². The second-order valence-corrected chi connectivity index (χ2v) is 8.60. The lowest BCUT2D eigenvalue weighted by molar-refractivity contribution is 0.0992. The fourth-order valence-corrected chi connectivity index (χ4v) is 3.77. The van der Waals surface area contributed by atoms with Crippen molar-refractivity contribution in [2.45, 2.75) is 18.4 Å². The van der Waals surface area contributed by atoms with Crippen molar-refractivity contribution in [1.29, 1.82) is 0 Å².